The molecule has 2 heterocycles. The maximum atomic E-state index is 6.93. The summed E-state index contributed by atoms with van der Waals surface area (Å²) in [5.74, 6) is 0. The monoisotopic (exact) mass is 753 g/mol. The summed E-state index contributed by atoms with van der Waals surface area (Å²) in [5.41, 5.74) is 13.5. The van der Waals surface area contributed by atoms with Crippen molar-refractivity contribution in [2.24, 2.45) is 0 Å². The summed E-state index contributed by atoms with van der Waals surface area (Å²) in [6.45, 7) is 0. The van der Waals surface area contributed by atoms with E-state index < -0.39 is 0 Å². The molecule has 0 atom stereocenters. The van der Waals surface area contributed by atoms with E-state index in [-0.39, 0.29) is 0 Å². The zero-order chi connectivity index (χ0) is 38.9. The molecule has 0 fully saturated rings. The molecule has 0 N–H and O–H groups in total. The van der Waals surface area contributed by atoms with Crippen molar-refractivity contribution in [3.05, 3.63) is 212 Å². The first-order chi connectivity index (χ1) is 29.3. The van der Waals surface area contributed by atoms with Crippen LogP contribution in [0.5, 0.6) is 0 Å². The number of furan rings is 2. The third kappa shape index (κ3) is 5.29. The Morgan fingerprint density at radius 1 is 0.305 bits per heavy atom. The molecule has 59 heavy (non-hydrogen) atoms. The SMILES string of the molecule is c1ccc(-c2ccc(N(c3ccccc3)c3cccc4oc5c6ccccc6c(-c6ccc(-c7cccc8ccccc78)c7c6oc6ccccc67)cc5c34)cc2)cc1. The predicted molar refractivity (Wildman–Crippen MR) is 247 cm³/mol. The summed E-state index contributed by atoms with van der Waals surface area (Å²) in [4.78, 5) is 2.34. The first-order valence-corrected chi connectivity index (χ1v) is 20.1. The molecule has 12 aromatic rings. The lowest BCUT2D eigenvalue weighted by molar-refractivity contribution is 0.670. The van der Waals surface area contributed by atoms with Crippen molar-refractivity contribution in [3.63, 3.8) is 0 Å². The van der Waals surface area contributed by atoms with Crippen LogP contribution in [0, 0.1) is 0 Å². The number of hydrogen-bond acceptors (Lipinski definition) is 3. The minimum Gasteiger partial charge on any atom is -0.455 e. The fourth-order valence-corrected chi connectivity index (χ4v) is 9.20. The molecular weight excluding hydrogens is 719 g/mol. The Hall–Kier alpha value is -7.88. The van der Waals surface area contributed by atoms with Crippen molar-refractivity contribution >= 4 is 82.5 Å². The first-order valence-electron chi connectivity index (χ1n) is 20.1. The van der Waals surface area contributed by atoms with E-state index in [0.717, 1.165) is 88.4 Å². The quantitative estimate of drug-likeness (QED) is 0.169. The highest BCUT2D eigenvalue weighted by Gasteiger charge is 2.24. The van der Waals surface area contributed by atoms with Gasteiger partial charge < -0.3 is 13.7 Å². The van der Waals surface area contributed by atoms with Crippen LogP contribution < -0.4 is 4.90 Å². The number of benzene rings is 10. The van der Waals surface area contributed by atoms with E-state index in [2.05, 4.69) is 217 Å². The maximum Gasteiger partial charge on any atom is 0.143 e. The van der Waals surface area contributed by atoms with E-state index >= 15 is 0 Å². The number of para-hydroxylation sites is 2. The molecule has 0 aliphatic rings. The summed E-state index contributed by atoms with van der Waals surface area (Å²) >= 11 is 0. The van der Waals surface area contributed by atoms with Crippen LogP contribution in [0.15, 0.2) is 221 Å². The molecule has 0 saturated carbocycles. The fraction of sp³-hybridized carbons (Fsp3) is 0. The highest BCUT2D eigenvalue weighted by Crippen LogP contribution is 2.49. The van der Waals surface area contributed by atoms with E-state index in [9.17, 15) is 0 Å². The van der Waals surface area contributed by atoms with Crippen molar-refractivity contribution in [2.75, 3.05) is 4.90 Å². The van der Waals surface area contributed by atoms with Crippen LogP contribution in [-0.2, 0) is 0 Å². The lowest BCUT2D eigenvalue weighted by Gasteiger charge is -2.26. The Balaban J connectivity index is 1.12. The second-order valence-electron chi connectivity index (χ2n) is 15.2. The molecule has 3 nitrogen and oxygen atoms in total. The van der Waals surface area contributed by atoms with Crippen LogP contribution in [0.1, 0.15) is 0 Å². The normalized spacial score (nSPS) is 11.7. The molecule has 2 aromatic heterocycles. The molecule has 0 aliphatic carbocycles. The van der Waals surface area contributed by atoms with Gasteiger partial charge in [0.05, 0.1) is 11.1 Å². The lowest BCUT2D eigenvalue weighted by Crippen LogP contribution is -2.10. The zero-order valence-electron chi connectivity index (χ0n) is 32.0. The smallest absolute Gasteiger partial charge is 0.143 e. The predicted octanol–water partition coefficient (Wildman–Crippen LogP) is 16.3. The van der Waals surface area contributed by atoms with Crippen LogP contribution >= 0.6 is 0 Å². The van der Waals surface area contributed by atoms with Crippen molar-refractivity contribution in [1.82, 2.24) is 0 Å². The van der Waals surface area contributed by atoms with Gasteiger partial charge in [0.25, 0.3) is 0 Å². The number of anilines is 3. The lowest BCUT2D eigenvalue weighted by atomic mass is 9.90. The van der Waals surface area contributed by atoms with Crippen molar-refractivity contribution in [2.45, 2.75) is 0 Å². The Bertz CT molecular complexity index is 3540. The molecule has 0 unspecified atom stereocenters. The Kier molecular flexibility index (Phi) is 7.54. The molecule has 0 aliphatic heterocycles. The third-order valence-electron chi connectivity index (χ3n) is 11.9. The largest absolute Gasteiger partial charge is 0.455 e. The summed E-state index contributed by atoms with van der Waals surface area (Å²) in [6.07, 6.45) is 0. The van der Waals surface area contributed by atoms with Crippen molar-refractivity contribution < 1.29 is 8.83 Å². The molecule has 0 saturated heterocycles. The zero-order valence-corrected chi connectivity index (χ0v) is 32.0. The molecule has 276 valence electrons. The number of fused-ring (bicyclic) bond motifs is 9. The van der Waals surface area contributed by atoms with Gasteiger partial charge in [-0.15, -0.1) is 0 Å². The van der Waals surface area contributed by atoms with Crippen LogP contribution in [0.2, 0.25) is 0 Å². The average molecular weight is 754 g/mol. The Labute approximate surface area is 340 Å². The highest BCUT2D eigenvalue weighted by atomic mass is 16.3. The summed E-state index contributed by atoms with van der Waals surface area (Å²) < 4.78 is 13.8. The highest BCUT2D eigenvalue weighted by molar-refractivity contribution is 6.25. The molecular formula is C56H35NO2. The van der Waals surface area contributed by atoms with Crippen molar-refractivity contribution in [1.29, 1.82) is 0 Å². The Morgan fingerprint density at radius 2 is 0.898 bits per heavy atom. The minimum absolute atomic E-state index is 0.835. The van der Waals surface area contributed by atoms with Crippen molar-refractivity contribution in [3.8, 4) is 33.4 Å². The van der Waals surface area contributed by atoms with Gasteiger partial charge in [-0.2, -0.15) is 0 Å². The van der Waals surface area contributed by atoms with E-state index in [0.29, 0.717) is 0 Å². The average Bonchev–Trinajstić information content (AvgIpc) is 3.89. The van der Waals surface area contributed by atoms with Gasteiger partial charge in [-0.1, -0.05) is 158 Å². The molecule has 0 bridgehead atoms. The standard InChI is InChI=1S/C56H35NO2/c1-3-15-36(16-4-1)37-29-31-40(32-30-37)57(39-19-5-2-6-20-39)50-26-14-28-52-54(50)49-35-48(43-22-9-10-23-45(43)55(49)59-52)46-34-33-44(42-25-13-18-38-17-7-8-21-41(38)42)53-47-24-11-12-27-51(47)58-56(46)53/h1-35H. The number of rotatable bonds is 6. The maximum absolute atomic E-state index is 6.93. The second-order valence-corrected chi connectivity index (χ2v) is 15.2. The molecule has 3 heteroatoms. The van der Waals surface area contributed by atoms with Gasteiger partial charge in [0.1, 0.15) is 22.3 Å². The topological polar surface area (TPSA) is 29.5 Å². The van der Waals surface area contributed by atoms with Crippen LogP contribution in [0.25, 0.3) is 98.8 Å². The van der Waals surface area contributed by atoms with Gasteiger partial charge in [-0.05, 0) is 98.6 Å². The van der Waals surface area contributed by atoms with E-state index in [1.54, 1.807) is 0 Å². The molecule has 0 spiro atoms. The minimum atomic E-state index is 0.835. The first kappa shape index (κ1) is 33.3. The Morgan fingerprint density at radius 3 is 1.73 bits per heavy atom. The van der Waals surface area contributed by atoms with Gasteiger partial charge in [-0.3, -0.25) is 0 Å². The van der Waals surface area contributed by atoms with E-state index in [4.69, 9.17) is 8.83 Å². The summed E-state index contributed by atoms with van der Waals surface area (Å²) in [7, 11) is 0. The van der Waals surface area contributed by atoms with Gasteiger partial charge in [0, 0.05) is 38.5 Å². The van der Waals surface area contributed by atoms with Crippen LogP contribution in [0.3, 0.4) is 0 Å². The van der Waals surface area contributed by atoms with Crippen LogP contribution in [-0.4, -0.2) is 0 Å². The fourth-order valence-electron chi connectivity index (χ4n) is 9.20. The molecule has 10 aromatic carbocycles. The van der Waals surface area contributed by atoms with Crippen LogP contribution in [0.4, 0.5) is 17.1 Å². The summed E-state index contributed by atoms with van der Waals surface area (Å²) in [5, 5.41) is 8.92. The van der Waals surface area contributed by atoms with Gasteiger partial charge in [0.2, 0.25) is 0 Å². The number of nitrogens with zero attached hydrogens (tertiary/aromatic N) is 1. The molecule has 12 rings (SSSR count). The van der Waals surface area contributed by atoms with E-state index in [1.807, 2.05) is 0 Å². The van der Waals surface area contributed by atoms with Gasteiger partial charge in [-0.25, -0.2) is 0 Å². The molecule has 0 radical (unpaired) electrons. The van der Waals surface area contributed by atoms with E-state index in [1.165, 1.54) is 27.5 Å². The van der Waals surface area contributed by atoms with Gasteiger partial charge in [0.15, 0.2) is 0 Å². The number of hydrogen-bond donors (Lipinski definition) is 0. The molecule has 0 amide bonds. The summed E-state index contributed by atoms with van der Waals surface area (Å²) in [6, 6.07) is 75.4. The third-order valence-corrected chi connectivity index (χ3v) is 11.9. The van der Waals surface area contributed by atoms with Gasteiger partial charge >= 0.3 is 0 Å². The second kappa shape index (κ2) is 13.4.